The monoisotopic (exact) mass is 401 g/mol. The molecule has 1 atom stereocenters. The highest BCUT2D eigenvalue weighted by Crippen LogP contribution is 2.29. The predicted octanol–water partition coefficient (Wildman–Crippen LogP) is 4.99. The van der Waals surface area contributed by atoms with Crippen molar-refractivity contribution in [3.63, 3.8) is 0 Å². The van der Waals surface area contributed by atoms with E-state index in [4.69, 9.17) is 18.0 Å². The highest BCUT2D eigenvalue weighted by atomic mass is 32.1. The van der Waals surface area contributed by atoms with Gasteiger partial charge >= 0.3 is 0 Å². The van der Waals surface area contributed by atoms with Gasteiger partial charge in [-0.25, -0.2) is 0 Å². The van der Waals surface area contributed by atoms with Crippen molar-refractivity contribution in [2.45, 2.75) is 83.3 Å². The van der Waals surface area contributed by atoms with Crippen LogP contribution in [0.4, 0.5) is 0 Å². The highest BCUT2D eigenvalue weighted by Gasteiger charge is 2.29. The van der Waals surface area contributed by atoms with E-state index in [1.54, 1.807) is 0 Å². The normalized spacial score (nSPS) is 20.8. The van der Waals surface area contributed by atoms with Crippen molar-refractivity contribution in [3.8, 4) is 0 Å². The number of benzene rings is 1. The Morgan fingerprint density at radius 2 is 1.79 bits per heavy atom. The molecular formula is C24H39N3S. The molecule has 2 fully saturated rings. The fraction of sp³-hybridized carbons (Fsp3) is 0.708. The van der Waals surface area contributed by atoms with Crippen molar-refractivity contribution in [2.24, 2.45) is 11.7 Å². The third-order valence-electron chi connectivity index (χ3n) is 6.85. The molecule has 1 saturated carbocycles. The second kappa shape index (κ2) is 11.3. The zero-order chi connectivity index (χ0) is 19.8. The van der Waals surface area contributed by atoms with Gasteiger partial charge in [-0.05, 0) is 44.2 Å². The molecule has 3 nitrogen and oxygen atoms in total. The van der Waals surface area contributed by atoms with Crippen LogP contribution in [-0.2, 0) is 6.54 Å². The summed E-state index contributed by atoms with van der Waals surface area (Å²) in [6, 6.07) is 12.1. The van der Waals surface area contributed by atoms with Gasteiger partial charge in [-0.2, -0.15) is 0 Å². The summed E-state index contributed by atoms with van der Waals surface area (Å²) in [6.07, 6.45) is 11.6. The maximum Gasteiger partial charge on any atom is 0.0787 e. The summed E-state index contributed by atoms with van der Waals surface area (Å²) >= 11 is 6.05. The molecule has 1 heterocycles. The van der Waals surface area contributed by atoms with E-state index in [-0.39, 0.29) is 0 Å². The molecule has 0 aromatic heterocycles. The maximum absolute atomic E-state index is 6.05. The van der Waals surface area contributed by atoms with Crippen LogP contribution in [0.15, 0.2) is 30.3 Å². The third-order valence-corrected chi connectivity index (χ3v) is 7.25. The van der Waals surface area contributed by atoms with E-state index in [9.17, 15) is 0 Å². The molecule has 156 valence electrons. The fourth-order valence-electron chi connectivity index (χ4n) is 5.02. The van der Waals surface area contributed by atoms with E-state index in [1.165, 1.54) is 68.6 Å². The first-order chi connectivity index (χ1) is 13.7. The molecule has 0 bridgehead atoms. The first-order valence-corrected chi connectivity index (χ1v) is 11.9. The second-order valence-electron chi connectivity index (χ2n) is 8.91. The van der Waals surface area contributed by atoms with E-state index in [0.717, 1.165) is 31.8 Å². The second-order valence-corrected chi connectivity index (χ2v) is 9.38. The summed E-state index contributed by atoms with van der Waals surface area (Å²) in [5, 5.41) is 0. The van der Waals surface area contributed by atoms with Gasteiger partial charge in [0.1, 0.15) is 0 Å². The molecule has 2 aliphatic rings. The Labute approximate surface area is 177 Å². The Morgan fingerprint density at radius 1 is 1.11 bits per heavy atom. The van der Waals surface area contributed by atoms with Crippen molar-refractivity contribution < 1.29 is 0 Å². The molecular weight excluding hydrogens is 362 g/mol. The molecule has 1 aliphatic heterocycles. The Bertz CT molecular complexity index is 577. The summed E-state index contributed by atoms with van der Waals surface area (Å²) in [7, 11) is 0. The standard InChI is InChI=1S/C24H39N3S/c1-20(12-15-25)26-16-13-23(14-17-26)27(19-22-10-6-3-7-11-22)24(28)18-21-8-4-2-5-9-21/h3,6-7,10-11,20-21,23H,2,4-5,8-9,12-19,25H2,1H3. The average molecular weight is 402 g/mol. The van der Waals surface area contributed by atoms with Gasteiger partial charge in [0.2, 0.25) is 0 Å². The van der Waals surface area contributed by atoms with E-state index in [1.807, 2.05) is 0 Å². The summed E-state index contributed by atoms with van der Waals surface area (Å²) < 4.78 is 0. The van der Waals surface area contributed by atoms with Gasteiger partial charge < -0.3 is 15.5 Å². The van der Waals surface area contributed by atoms with Gasteiger partial charge in [-0.15, -0.1) is 0 Å². The van der Waals surface area contributed by atoms with E-state index in [0.29, 0.717) is 12.1 Å². The van der Waals surface area contributed by atoms with Gasteiger partial charge in [0, 0.05) is 38.1 Å². The number of hydrogen-bond acceptors (Lipinski definition) is 3. The SMILES string of the molecule is CC(CCN)N1CCC(N(Cc2ccccc2)C(=S)CC2CCCCC2)CC1. The van der Waals surface area contributed by atoms with Gasteiger partial charge in [-0.1, -0.05) is 74.7 Å². The summed E-state index contributed by atoms with van der Waals surface area (Å²) in [4.78, 5) is 6.42. The fourth-order valence-corrected chi connectivity index (χ4v) is 5.47. The van der Waals surface area contributed by atoms with Crippen LogP contribution in [0.5, 0.6) is 0 Å². The number of nitrogens with zero attached hydrogens (tertiary/aromatic N) is 2. The van der Waals surface area contributed by atoms with Crippen molar-refractivity contribution >= 4 is 17.2 Å². The van der Waals surface area contributed by atoms with Crippen LogP contribution >= 0.6 is 12.2 Å². The minimum Gasteiger partial charge on any atom is -0.359 e. The lowest BCUT2D eigenvalue weighted by Gasteiger charge is -2.42. The van der Waals surface area contributed by atoms with Crippen LogP contribution in [0.25, 0.3) is 0 Å². The first-order valence-electron chi connectivity index (χ1n) is 11.4. The lowest BCUT2D eigenvalue weighted by Crippen LogP contribution is -2.49. The van der Waals surface area contributed by atoms with Crippen LogP contribution in [0.2, 0.25) is 0 Å². The molecule has 0 amide bonds. The van der Waals surface area contributed by atoms with Crippen molar-refractivity contribution in [2.75, 3.05) is 19.6 Å². The zero-order valence-electron chi connectivity index (χ0n) is 17.7. The number of hydrogen-bond donors (Lipinski definition) is 1. The van der Waals surface area contributed by atoms with E-state index in [2.05, 4.69) is 47.1 Å². The number of likely N-dealkylation sites (tertiary alicyclic amines) is 1. The molecule has 0 spiro atoms. The Kier molecular flexibility index (Phi) is 8.75. The van der Waals surface area contributed by atoms with Gasteiger partial charge in [0.05, 0.1) is 4.99 Å². The predicted molar refractivity (Wildman–Crippen MR) is 124 cm³/mol. The molecule has 1 aromatic rings. The Morgan fingerprint density at radius 3 is 2.43 bits per heavy atom. The topological polar surface area (TPSA) is 32.5 Å². The Hall–Kier alpha value is -0.970. The van der Waals surface area contributed by atoms with Crippen LogP contribution in [0.3, 0.4) is 0 Å². The molecule has 3 rings (SSSR count). The zero-order valence-corrected chi connectivity index (χ0v) is 18.5. The van der Waals surface area contributed by atoms with E-state index < -0.39 is 0 Å². The molecule has 0 radical (unpaired) electrons. The number of nitrogens with two attached hydrogens (primary N) is 1. The summed E-state index contributed by atoms with van der Waals surface area (Å²) in [6.45, 7) is 6.41. The lowest BCUT2D eigenvalue weighted by atomic mass is 9.86. The smallest absolute Gasteiger partial charge is 0.0787 e. The molecule has 1 saturated heterocycles. The highest BCUT2D eigenvalue weighted by molar-refractivity contribution is 7.80. The third kappa shape index (κ3) is 6.27. The maximum atomic E-state index is 6.05. The average Bonchev–Trinajstić information content (AvgIpc) is 2.74. The number of piperidine rings is 1. The van der Waals surface area contributed by atoms with Crippen molar-refractivity contribution in [3.05, 3.63) is 35.9 Å². The number of thiocarbonyl (C=S) groups is 1. The molecule has 4 heteroatoms. The minimum atomic E-state index is 0.581. The molecule has 1 aliphatic carbocycles. The summed E-state index contributed by atoms with van der Waals surface area (Å²) in [5.74, 6) is 0.809. The van der Waals surface area contributed by atoms with Crippen LogP contribution in [0.1, 0.15) is 70.3 Å². The van der Waals surface area contributed by atoms with Crippen LogP contribution in [-0.4, -0.2) is 46.5 Å². The molecule has 1 aromatic carbocycles. The molecule has 2 N–H and O–H groups in total. The number of rotatable bonds is 8. The summed E-state index contributed by atoms with van der Waals surface area (Å²) in [5.41, 5.74) is 7.16. The van der Waals surface area contributed by atoms with Crippen molar-refractivity contribution in [1.82, 2.24) is 9.80 Å². The first kappa shape index (κ1) is 21.7. The van der Waals surface area contributed by atoms with Crippen LogP contribution < -0.4 is 5.73 Å². The quantitative estimate of drug-likeness (QED) is 0.622. The minimum absolute atomic E-state index is 0.581. The lowest BCUT2D eigenvalue weighted by molar-refractivity contribution is 0.115. The largest absolute Gasteiger partial charge is 0.359 e. The van der Waals surface area contributed by atoms with Gasteiger partial charge in [-0.3, -0.25) is 0 Å². The van der Waals surface area contributed by atoms with E-state index >= 15 is 0 Å². The van der Waals surface area contributed by atoms with Gasteiger partial charge in [0.15, 0.2) is 0 Å². The molecule has 1 unspecified atom stereocenters. The van der Waals surface area contributed by atoms with Gasteiger partial charge in [0.25, 0.3) is 0 Å². The van der Waals surface area contributed by atoms with Crippen molar-refractivity contribution in [1.29, 1.82) is 0 Å². The molecule has 28 heavy (non-hydrogen) atoms. The Balaban J connectivity index is 1.63. The van der Waals surface area contributed by atoms with Crippen LogP contribution in [0, 0.1) is 5.92 Å².